The van der Waals surface area contributed by atoms with E-state index in [0.29, 0.717) is 11.5 Å². The van der Waals surface area contributed by atoms with E-state index >= 15 is 0 Å². The summed E-state index contributed by atoms with van der Waals surface area (Å²) in [5, 5.41) is 10.8. The average Bonchev–Trinajstić information content (AvgIpc) is 3.20. The summed E-state index contributed by atoms with van der Waals surface area (Å²) in [6, 6.07) is 9.54. The van der Waals surface area contributed by atoms with E-state index in [1.807, 2.05) is 12.1 Å². The Balaban J connectivity index is 1.39. The topological polar surface area (TPSA) is 96.7 Å². The molecule has 3 aromatic rings. The van der Waals surface area contributed by atoms with Crippen molar-refractivity contribution in [3.05, 3.63) is 60.0 Å². The molecular formula is C20H20F3N5O3S. The van der Waals surface area contributed by atoms with E-state index in [1.165, 1.54) is 6.07 Å². The van der Waals surface area contributed by atoms with Crippen molar-refractivity contribution >= 4 is 21.6 Å². The molecule has 1 fully saturated rings. The molecule has 1 aliphatic heterocycles. The lowest BCUT2D eigenvalue weighted by Gasteiger charge is -2.31. The lowest BCUT2D eigenvalue weighted by Crippen LogP contribution is -2.43. The van der Waals surface area contributed by atoms with Crippen LogP contribution in [0.15, 0.2) is 53.6 Å². The Bertz CT molecular complexity index is 1230. The number of nitrogens with zero attached hydrogens (tertiary/aromatic N) is 4. The second kappa shape index (κ2) is 8.51. The third-order valence-corrected chi connectivity index (χ3v) is 7.40. The van der Waals surface area contributed by atoms with Crippen LogP contribution in [0.25, 0.3) is 5.65 Å². The minimum absolute atomic E-state index is 0.0412. The Morgan fingerprint density at radius 2 is 1.75 bits per heavy atom. The highest BCUT2D eigenvalue weighted by Gasteiger charge is 2.40. The van der Waals surface area contributed by atoms with Gasteiger partial charge < -0.3 is 5.32 Å². The maximum absolute atomic E-state index is 13.3. The molecule has 1 aromatic carbocycles. The third kappa shape index (κ3) is 4.32. The van der Waals surface area contributed by atoms with Gasteiger partial charge in [0.05, 0.1) is 17.0 Å². The molecule has 1 aliphatic rings. The quantitative estimate of drug-likeness (QED) is 0.622. The summed E-state index contributed by atoms with van der Waals surface area (Å²) in [7, 11) is -4.34. The van der Waals surface area contributed by atoms with Gasteiger partial charge in [0.2, 0.25) is 15.9 Å². The Kier molecular flexibility index (Phi) is 5.91. The van der Waals surface area contributed by atoms with Gasteiger partial charge in [0.1, 0.15) is 0 Å². The summed E-state index contributed by atoms with van der Waals surface area (Å²) in [6.07, 6.45) is -2.59. The van der Waals surface area contributed by atoms with Gasteiger partial charge in [-0.3, -0.25) is 9.20 Å². The molecule has 12 heteroatoms. The molecule has 1 amide bonds. The zero-order chi connectivity index (χ0) is 22.9. The van der Waals surface area contributed by atoms with Crippen molar-refractivity contribution < 1.29 is 26.4 Å². The number of aromatic nitrogens is 3. The van der Waals surface area contributed by atoms with Crippen molar-refractivity contribution in [2.24, 2.45) is 5.92 Å². The van der Waals surface area contributed by atoms with Gasteiger partial charge in [-0.25, -0.2) is 8.42 Å². The SMILES string of the molecule is O=C(NCc1nnc2ccccn12)C1CCN(S(=O)(=O)c2ccccc2C(F)(F)F)CC1. The molecule has 8 nitrogen and oxygen atoms in total. The lowest BCUT2D eigenvalue weighted by molar-refractivity contribution is -0.139. The number of fused-ring (bicyclic) bond motifs is 1. The normalized spacial score (nSPS) is 16.3. The number of nitrogens with one attached hydrogen (secondary N) is 1. The molecule has 0 bridgehead atoms. The number of rotatable bonds is 5. The van der Waals surface area contributed by atoms with Gasteiger partial charge in [-0.1, -0.05) is 18.2 Å². The molecule has 0 unspecified atom stereocenters. The fourth-order valence-electron chi connectivity index (χ4n) is 3.75. The van der Waals surface area contributed by atoms with Crippen molar-refractivity contribution in [2.75, 3.05) is 13.1 Å². The molecule has 1 N–H and O–H groups in total. The Labute approximate surface area is 182 Å². The standard InChI is InChI=1S/C20H20F3N5O3S/c21-20(22,23)15-5-1-2-6-16(15)32(30,31)27-11-8-14(9-12-27)19(29)24-13-18-26-25-17-7-3-4-10-28(17)18/h1-7,10,14H,8-9,11-13H2,(H,24,29). The lowest BCUT2D eigenvalue weighted by atomic mass is 9.97. The number of sulfonamides is 1. The first kappa shape index (κ1) is 22.2. The maximum atomic E-state index is 13.3. The number of pyridine rings is 1. The number of amides is 1. The molecule has 32 heavy (non-hydrogen) atoms. The number of piperidine rings is 1. The summed E-state index contributed by atoms with van der Waals surface area (Å²) in [5.74, 6) is -0.151. The van der Waals surface area contributed by atoms with E-state index in [2.05, 4.69) is 15.5 Å². The van der Waals surface area contributed by atoms with Crippen LogP contribution in [0.3, 0.4) is 0 Å². The number of benzene rings is 1. The Morgan fingerprint density at radius 1 is 1.06 bits per heavy atom. The molecule has 1 saturated heterocycles. The van der Waals surface area contributed by atoms with Crippen molar-refractivity contribution in [3.8, 4) is 0 Å². The van der Waals surface area contributed by atoms with Gasteiger partial charge >= 0.3 is 6.18 Å². The third-order valence-electron chi connectivity index (χ3n) is 5.44. The fraction of sp³-hybridized carbons (Fsp3) is 0.350. The summed E-state index contributed by atoms with van der Waals surface area (Å²) in [5.41, 5.74) is -0.546. The number of hydrogen-bond donors (Lipinski definition) is 1. The summed E-state index contributed by atoms with van der Waals surface area (Å²) < 4.78 is 68.2. The first-order valence-corrected chi connectivity index (χ1v) is 11.3. The molecule has 4 rings (SSSR count). The van der Waals surface area contributed by atoms with Crippen LogP contribution in [0, 0.1) is 5.92 Å². The summed E-state index contributed by atoms with van der Waals surface area (Å²) >= 11 is 0. The van der Waals surface area contributed by atoms with E-state index < -0.39 is 32.6 Å². The first-order chi connectivity index (χ1) is 15.2. The van der Waals surface area contributed by atoms with Gasteiger partial charge in [0.15, 0.2) is 11.5 Å². The molecule has 3 heterocycles. The number of carbonyl (C=O) groups is 1. The predicted molar refractivity (Wildman–Crippen MR) is 108 cm³/mol. The molecule has 0 spiro atoms. The first-order valence-electron chi connectivity index (χ1n) is 9.90. The highest BCUT2D eigenvalue weighted by molar-refractivity contribution is 7.89. The van der Waals surface area contributed by atoms with Crippen LogP contribution in [0.5, 0.6) is 0 Å². The molecule has 0 aliphatic carbocycles. The molecule has 0 saturated carbocycles. The Hall–Kier alpha value is -2.99. The summed E-state index contributed by atoms with van der Waals surface area (Å²) in [4.78, 5) is 11.8. The minimum Gasteiger partial charge on any atom is -0.349 e. The number of halogens is 3. The van der Waals surface area contributed by atoms with Crippen LogP contribution in [0.2, 0.25) is 0 Å². The monoisotopic (exact) mass is 467 g/mol. The zero-order valence-corrected chi connectivity index (χ0v) is 17.6. The van der Waals surface area contributed by atoms with Crippen molar-refractivity contribution in [1.29, 1.82) is 0 Å². The van der Waals surface area contributed by atoms with E-state index in [1.54, 1.807) is 16.7 Å². The average molecular weight is 467 g/mol. The summed E-state index contributed by atoms with van der Waals surface area (Å²) in [6.45, 7) is 0.0719. The van der Waals surface area contributed by atoms with Gasteiger partial charge in [-0.05, 0) is 37.1 Å². The van der Waals surface area contributed by atoms with E-state index in [0.717, 1.165) is 22.5 Å². The van der Waals surface area contributed by atoms with Gasteiger partial charge in [-0.15, -0.1) is 10.2 Å². The maximum Gasteiger partial charge on any atom is 0.417 e. The van der Waals surface area contributed by atoms with Crippen LogP contribution in [0.4, 0.5) is 13.2 Å². The number of carbonyl (C=O) groups excluding carboxylic acids is 1. The van der Waals surface area contributed by atoms with Crippen molar-refractivity contribution in [2.45, 2.75) is 30.5 Å². The smallest absolute Gasteiger partial charge is 0.349 e. The number of alkyl halides is 3. The van der Waals surface area contributed by atoms with Gasteiger partial charge in [-0.2, -0.15) is 17.5 Å². The minimum atomic E-state index is -4.78. The van der Waals surface area contributed by atoms with Crippen LogP contribution in [-0.2, 0) is 27.5 Å². The molecule has 170 valence electrons. The van der Waals surface area contributed by atoms with Gasteiger partial charge in [0.25, 0.3) is 0 Å². The van der Waals surface area contributed by atoms with Crippen LogP contribution in [0.1, 0.15) is 24.2 Å². The largest absolute Gasteiger partial charge is 0.417 e. The second-order valence-corrected chi connectivity index (χ2v) is 9.34. The second-order valence-electron chi connectivity index (χ2n) is 7.44. The molecule has 0 atom stereocenters. The molecule has 2 aromatic heterocycles. The number of hydrogen-bond acceptors (Lipinski definition) is 5. The zero-order valence-electron chi connectivity index (χ0n) is 16.8. The van der Waals surface area contributed by atoms with Crippen LogP contribution < -0.4 is 5.32 Å². The van der Waals surface area contributed by atoms with Crippen LogP contribution >= 0.6 is 0 Å². The van der Waals surface area contributed by atoms with Crippen molar-refractivity contribution in [1.82, 2.24) is 24.2 Å². The van der Waals surface area contributed by atoms with Crippen LogP contribution in [-0.4, -0.2) is 46.3 Å². The van der Waals surface area contributed by atoms with E-state index in [9.17, 15) is 26.4 Å². The Morgan fingerprint density at radius 3 is 2.47 bits per heavy atom. The fourth-order valence-corrected chi connectivity index (χ4v) is 5.43. The van der Waals surface area contributed by atoms with E-state index in [-0.39, 0.29) is 38.4 Å². The molecular weight excluding hydrogens is 447 g/mol. The highest BCUT2D eigenvalue weighted by Crippen LogP contribution is 2.36. The van der Waals surface area contributed by atoms with Gasteiger partial charge in [0, 0.05) is 25.2 Å². The van der Waals surface area contributed by atoms with E-state index in [4.69, 9.17) is 0 Å². The predicted octanol–water partition coefficient (Wildman–Crippen LogP) is 2.47. The molecule has 0 radical (unpaired) electrons. The van der Waals surface area contributed by atoms with Crippen molar-refractivity contribution in [3.63, 3.8) is 0 Å². The highest BCUT2D eigenvalue weighted by atomic mass is 32.2.